The van der Waals surface area contributed by atoms with Gasteiger partial charge < -0.3 is 15.4 Å². The van der Waals surface area contributed by atoms with Crippen molar-refractivity contribution < 1.29 is 32.3 Å². The van der Waals surface area contributed by atoms with E-state index in [-0.39, 0.29) is 43.8 Å². The zero-order chi connectivity index (χ0) is 33.1. The summed E-state index contributed by atoms with van der Waals surface area (Å²) in [7, 11) is 0. The maximum atomic E-state index is 14.0. The third kappa shape index (κ3) is 7.97. The van der Waals surface area contributed by atoms with E-state index in [0.717, 1.165) is 37.0 Å². The van der Waals surface area contributed by atoms with E-state index in [2.05, 4.69) is 15.7 Å². The summed E-state index contributed by atoms with van der Waals surface area (Å²) >= 11 is 0. The van der Waals surface area contributed by atoms with Crippen molar-refractivity contribution in [3.8, 4) is 0 Å². The number of ether oxygens (including phenoxy) is 1. The van der Waals surface area contributed by atoms with Crippen molar-refractivity contribution in [2.45, 2.75) is 96.1 Å². The number of carbonyl (C=O) groups is 3. The zero-order valence-electron chi connectivity index (χ0n) is 26.3. The summed E-state index contributed by atoms with van der Waals surface area (Å²) in [6.07, 6.45) is 2.68. The van der Waals surface area contributed by atoms with Crippen LogP contribution in [0.2, 0.25) is 0 Å². The second kappa shape index (κ2) is 13.7. The normalized spacial score (nSPS) is 20.3. The number of nitrogens with zero attached hydrogens (tertiary/aromatic N) is 4. The minimum Gasteiger partial charge on any atom is -0.444 e. The Balaban J connectivity index is 1.34. The van der Waals surface area contributed by atoms with Crippen LogP contribution in [0.1, 0.15) is 93.4 Å². The zero-order valence-corrected chi connectivity index (χ0v) is 26.3. The van der Waals surface area contributed by atoms with Crippen LogP contribution in [0.5, 0.6) is 0 Å². The molecule has 1 aliphatic carbocycles. The first kappa shape index (κ1) is 33.2. The largest absolute Gasteiger partial charge is 0.444 e. The number of likely N-dealkylation sites (tertiary alicyclic amines) is 1. The minimum atomic E-state index is -4.68. The van der Waals surface area contributed by atoms with Crippen LogP contribution in [0, 0.1) is 11.8 Å². The summed E-state index contributed by atoms with van der Waals surface area (Å²) in [5.74, 6) is -2.93. The molecule has 13 heteroatoms. The summed E-state index contributed by atoms with van der Waals surface area (Å²) < 4.78 is 49.0. The highest BCUT2D eigenvalue weighted by atomic mass is 19.4. The fourth-order valence-corrected chi connectivity index (χ4v) is 6.38. The van der Waals surface area contributed by atoms with Crippen molar-refractivity contribution in [2.24, 2.45) is 11.8 Å². The lowest BCUT2D eigenvalue weighted by molar-refractivity contribution is -0.201. The number of fused-ring (bicyclic) bond motifs is 1. The van der Waals surface area contributed by atoms with Gasteiger partial charge in [0, 0.05) is 18.7 Å². The fraction of sp³-hybridized carbons (Fsp3) is 0.545. The smallest absolute Gasteiger partial charge is 0.410 e. The van der Waals surface area contributed by atoms with Gasteiger partial charge in [0.05, 0.1) is 30.0 Å². The van der Waals surface area contributed by atoms with Crippen LogP contribution in [-0.2, 0) is 16.1 Å². The molecule has 46 heavy (non-hydrogen) atoms. The predicted octanol–water partition coefficient (Wildman–Crippen LogP) is 5.97. The van der Waals surface area contributed by atoms with Crippen molar-refractivity contribution in [1.82, 2.24) is 30.1 Å². The van der Waals surface area contributed by atoms with E-state index in [9.17, 15) is 27.6 Å². The SMILES string of the molecule is CC(C)(C)OC(=O)N1CCC[C@H](C(F)(F)F)[C@H]1C(=O)NCc1cnn2cc([C@@H](NC(=O)c3ccccc3)C3CCCCC3)nc2c1. The van der Waals surface area contributed by atoms with Gasteiger partial charge in [0.1, 0.15) is 11.6 Å². The minimum absolute atomic E-state index is 0.0209. The molecule has 3 aromatic rings. The van der Waals surface area contributed by atoms with Gasteiger partial charge in [0.25, 0.3) is 5.91 Å². The van der Waals surface area contributed by atoms with Crippen molar-refractivity contribution in [3.05, 3.63) is 65.6 Å². The highest BCUT2D eigenvalue weighted by molar-refractivity contribution is 5.94. The molecule has 1 aromatic carbocycles. The van der Waals surface area contributed by atoms with Crippen LogP contribution in [0.3, 0.4) is 0 Å². The molecule has 5 rings (SSSR count). The molecule has 0 bridgehead atoms. The number of carbonyl (C=O) groups excluding carboxylic acids is 3. The molecular formula is C33H41F3N6O4. The number of hydrogen-bond donors (Lipinski definition) is 2. The second-order valence-corrected chi connectivity index (χ2v) is 13.2. The molecule has 3 atom stereocenters. The third-order valence-corrected chi connectivity index (χ3v) is 8.57. The Bertz CT molecular complexity index is 1530. The number of nitrogens with one attached hydrogen (secondary N) is 2. The molecular weight excluding hydrogens is 601 g/mol. The van der Waals surface area contributed by atoms with Gasteiger partial charge in [0.2, 0.25) is 5.91 Å². The number of halogens is 3. The van der Waals surface area contributed by atoms with Gasteiger partial charge in [-0.05, 0) is 76.1 Å². The number of amides is 3. The van der Waals surface area contributed by atoms with Crippen molar-refractivity contribution >= 4 is 23.6 Å². The Morgan fingerprint density at radius 3 is 2.41 bits per heavy atom. The Labute approximate surface area is 266 Å². The average molecular weight is 643 g/mol. The van der Waals surface area contributed by atoms with E-state index in [4.69, 9.17) is 9.72 Å². The van der Waals surface area contributed by atoms with E-state index in [1.165, 1.54) is 6.20 Å². The van der Waals surface area contributed by atoms with E-state index in [1.54, 1.807) is 49.7 Å². The lowest BCUT2D eigenvalue weighted by atomic mass is 9.82. The molecule has 2 aliphatic rings. The van der Waals surface area contributed by atoms with Crippen LogP contribution >= 0.6 is 0 Å². The topological polar surface area (TPSA) is 118 Å². The summed E-state index contributed by atoms with van der Waals surface area (Å²) in [5.41, 5.74) is 1.27. The quantitative estimate of drug-likeness (QED) is 0.328. The molecule has 3 amide bonds. The van der Waals surface area contributed by atoms with Crippen LogP contribution in [0.25, 0.3) is 5.65 Å². The predicted molar refractivity (Wildman–Crippen MR) is 164 cm³/mol. The van der Waals surface area contributed by atoms with Gasteiger partial charge in [0.15, 0.2) is 5.65 Å². The van der Waals surface area contributed by atoms with Gasteiger partial charge in [-0.15, -0.1) is 0 Å². The van der Waals surface area contributed by atoms with E-state index >= 15 is 0 Å². The molecule has 0 unspecified atom stereocenters. The first-order chi connectivity index (χ1) is 21.8. The molecule has 2 N–H and O–H groups in total. The molecule has 0 radical (unpaired) electrons. The Hall–Kier alpha value is -4.16. The Morgan fingerprint density at radius 2 is 1.74 bits per heavy atom. The maximum Gasteiger partial charge on any atom is 0.410 e. The van der Waals surface area contributed by atoms with Gasteiger partial charge >= 0.3 is 12.3 Å². The first-order valence-corrected chi connectivity index (χ1v) is 15.8. The number of alkyl halides is 3. The van der Waals surface area contributed by atoms with Crippen LogP contribution in [0.15, 0.2) is 48.8 Å². The van der Waals surface area contributed by atoms with Crippen LogP contribution < -0.4 is 10.6 Å². The fourth-order valence-electron chi connectivity index (χ4n) is 6.38. The maximum absolute atomic E-state index is 14.0. The van der Waals surface area contributed by atoms with Crippen LogP contribution in [0.4, 0.5) is 18.0 Å². The molecule has 3 heterocycles. The van der Waals surface area contributed by atoms with Crippen LogP contribution in [-0.4, -0.2) is 61.8 Å². The standard InChI is InChI=1S/C33H41F3N6O4/c1-32(2,3)46-31(45)41-16-10-15-24(33(34,35)36)28(41)30(44)37-18-21-17-26-39-25(20-42(26)38-19-21)27(22-11-6-4-7-12-22)40-29(43)23-13-8-5-9-14-23/h5,8-9,13-14,17,19-20,22,24,27-28H,4,6-7,10-12,15-16,18H2,1-3H3,(H,37,44)(H,40,43)/t24-,27-,28-/m0/s1. The number of aromatic nitrogens is 3. The number of rotatable bonds is 7. The van der Waals surface area contributed by atoms with Gasteiger partial charge in [-0.3, -0.25) is 14.5 Å². The Morgan fingerprint density at radius 1 is 1.02 bits per heavy atom. The van der Waals surface area contributed by atoms with Gasteiger partial charge in [-0.25, -0.2) is 14.3 Å². The number of piperidine rings is 1. The number of imidazole rings is 1. The van der Waals surface area contributed by atoms with Crippen molar-refractivity contribution in [1.29, 1.82) is 0 Å². The molecule has 2 fully saturated rings. The second-order valence-electron chi connectivity index (χ2n) is 13.2. The molecule has 2 aromatic heterocycles. The number of benzene rings is 1. The van der Waals surface area contributed by atoms with E-state index in [0.29, 0.717) is 22.5 Å². The van der Waals surface area contributed by atoms with Gasteiger partial charge in [-0.2, -0.15) is 18.3 Å². The summed E-state index contributed by atoms with van der Waals surface area (Å²) in [4.78, 5) is 45.0. The third-order valence-electron chi connectivity index (χ3n) is 8.57. The van der Waals surface area contributed by atoms with E-state index < -0.39 is 35.7 Å². The lowest BCUT2D eigenvalue weighted by Crippen LogP contribution is -2.59. The van der Waals surface area contributed by atoms with E-state index in [1.807, 2.05) is 18.2 Å². The molecule has 0 spiro atoms. The molecule has 10 nitrogen and oxygen atoms in total. The monoisotopic (exact) mass is 642 g/mol. The lowest BCUT2D eigenvalue weighted by Gasteiger charge is -2.41. The summed E-state index contributed by atoms with van der Waals surface area (Å²) in [6, 6.07) is 8.60. The highest BCUT2D eigenvalue weighted by Crippen LogP contribution is 2.38. The molecule has 1 saturated carbocycles. The summed E-state index contributed by atoms with van der Waals surface area (Å²) in [5, 5.41) is 10.2. The van der Waals surface area contributed by atoms with Gasteiger partial charge in [-0.1, -0.05) is 37.5 Å². The van der Waals surface area contributed by atoms with Crippen molar-refractivity contribution in [3.63, 3.8) is 0 Å². The molecule has 1 saturated heterocycles. The van der Waals surface area contributed by atoms with Crippen molar-refractivity contribution in [2.75, 3.05) is 6.54 Å². The Kier molecular flexibility index (Phi) is 9.88. The molecule has 1 aliphatic heterocycles. The summed E-state index contributed by atoms with van der Waals surface area (Å²) in [6.45, 7) is 4.70. The highest BCUT2D eigenvalue weighted by Gasteiger charge is 2.53. The number of hydrogen-bond acceptors (Lipinski definition) is 6. The average Bonchev–Trinajstić information content (AvgIpc) is 3.44. The molecule has 248 valence electrons. The first-order valence-electron chi connectivity index (χ1n) is 15.8.